The lowest BCUT2D eigenvalue weighted by Crippen LogP contribution is -2.22. The fourth-order valence-electron chi connectivity index (χ4n) is 0.762. The first kappa shape index (κ1) is 12.4. The van der Waals surface area contributed by atoms with E-state index in [-0.39, 0.29) is 17.7 Å². The maximum Gasteiger partial charge on any atom is 0.308 e. The molecule has 0 bridgehead atoms. The van der Waals surface area contributed by atoms with Crippen molar-refractivity contribution in [1.29, 1.82) is 0 Å². The van der Waals surface area contributed by atoms with E-state index in [1.165, 1.54) is 0 Å². The second-order valence-electron chi connectivity index (χ2n) is 4.25. The van der Waals surface area contributed by atoms with Gasteiger partial charge in [0, 0.05) is 0 Å². The summed E-state index contributed by atoms with van der Waals surface area (Å²) in [5, 5.41) is 0. The Morgan fingerprint density at radius 2 is 1.85 bits per heavy atom. The van der Waals surface area contributed by atoms with Gasteiger partial charge in [0.15, 0.2) is 0 Å². The van der Waals surface area contributed by atoms with Crippen LogP contribution in [-0.4, -0.2) is 24.3 Å². The third-order valence-corrected chi connectivity index (χ3v) is 1.21. The molecule has 0 heterocycles. The van der Waals surface area contributed by atoms with Gasteiger partial charge in [-0.2, -0.15) is 0 Å². The Morgan fingerprint density at radius 3 is 2.23 bits per heavy atom. The van der Waals surface area contributed by atoms with Gasteiger partial charge in [0.1, 0.15) is 0 Å². The Bertz CT molecular complexity index is 156. The molecule has 0 fully saturated rings. The molecule has 0 aromatic rings. The van der Waals surface area contributed by atoms with Crippen molar-refractivity contribution < 1.29 is 14.3 Å². The zero-order chi connectivity index (χ0) is 10.5. The summed E-state index contributed by atoms with van der Waals surface area (Å²) in [5.41, 5.74) is -0.182. The smallest absolute Gasteiger partial charge is 0.308 e. The zero-order valence-electron chi connectivity index (χ0n) is 9.22. The number of carbonyl (C=O) groups excluding carboxylic acids is 1. The van der Waals surface area contributed by atoms with Crippen LogP contribution in [0.5, 0.6) is 0 Å². The fraction of sp³-hybridized carbons (Fsp3) is 0.900. The largest absolute Gasteiger partial charge is 0.463 e. The third-order valence-electron chi connectivity index (χ3n) is 1.21. The summed E-state index contributed by atoms with van der Waals surface area (Å²) < 4.78 is 10.3. The van der Waals surface area contributed by atoms with E-state index in [9.17, 15) is 4.79 Å². The minimum Gasteiger partial charge on any atom is -0.463 e. The molecule has 0 aromatic carbocycles. The number of hydrogen-bond acceptors (Lipinski definition) is 3. The molecule has 0 aliphatic heterocycles. The van der Waals surface area contributed by atoms with Gasteiger partial charge >= 0.3 is 5.97 Å². The van der Waals surface area contributed by atoms with Gasteiger partial charge in [0.05, 0.1) is 24.7 Å². The van der Waals surface area contributed by atoms with Crippen molar-refractivity contribution in [2.45, 2.75) is 52.7 Å². The maximum absolute atomic E-state index is 11.0. The average Bonchev–Trinajstić information content (AvgIpc) is 1.81. The van der Waals surface area contributed by atoms with Gasteiger partial charge in [-0.3, -0.25) is 4.79 Å². The van der Waals surface area contributed by atoms with Crippen LogP contribution in [0.1, 0.15) is 41.0 Å². The van der Waals surface area contributed by atoms with Gasteiger partial charge < -0.3 is 9.47 Å². The number of carbonyl (C=O) groups is 1. The molecule has 3 nitrogen and oxygen atoms in total. The van der Waals surface area contributed by atoms with Crippen LogP contribution >= 0.6 is 0 Å². The number of rotatable bonds is 4. The van der Waals surface area contributed by atoms with Crippen molar-refractivity contribution in [3.63, 3.8) is 0 Å². The van der Waals surface area contributed by atoms with Gasteiger partial charge in [0.2, 0.25) is 0 Å². The SMILES string of the molecule is CC(C)OC(=O)CCOC(C)(C)C. The second kappa shape index (κ2) is 5.22. The van der Waals surface area contributed by atoms with Crippen molar-refractivity contribution in [1.82, 2.24) is 0 Å². The van der Waals surface area contributed by atoms with Crippen LogP contribution in [0.25, 0.3) is 0 Å². The lowest BCUT2D eigenvalue weighted by atomic mass is 10.2. The molecule has 0 saturated carbocycles. The van der Waals surface area contributed by atoms with E-state index < -0.39 is 0 Å². The Labute approximate surface area is 80.4 Å². The van der Waals surface area contributed by atoms with Crippen LogP contribution in [0, 0.1) is 0 Å². The highest BCUT2D eigenvalue weighted by molar-refractivity contribution is 5.69. The van der Waals surface area contributed by atoms with E-state index in [2.05, 4.69) is 0 Å². The standard InChI is InChI=1S/C10H20O3/c1-8(2)13-9(11)6-7-12-10(3,4)5/h8H,6-7H2,1-5H3. The lowest BCUT2D eigenvalue weighted by molar-refractivity contribution is -0.149. The molecule has 0 unspecified atom stereocenters. The zero-order valence-corrected chi connectivity index (χ0v) is 9.22. The number of hydrogen-bond donors (Lipinski definition) is 0. The van der Waals surface area contributed by atoms with Crippen molar-refractivity contribution in [3.8, 4) is 0 Å². The van der Waals surface area contributed by atoms with Crippen molar-refractivity contribution >= 4 is 5.97 Å². The fourth-order valence-corrected chi connectivity index (χ4v) is 0.762. The van der Waals surface area contributed by atoms with Crippen LogP contribution in [0.15, 0.2) is 0 Å². The van der Waals surface area contributed by atoms with Gasteiger partial charge in [-0.15, -0.1) is 0 Å². The van der Waals surface area contributed by atoms with Crippen LogP contribution in [0.2, 0.25) is 0 Å². The molecule has 3 heteroatoms. The second-order valence-corrected chi connectivity index (χ2v) is 4.25. The molecular weight excluding hydrogens is 168 g/mol. The maximum atomic E-state index is 11.0. The summed E-state index contributed by atoms with van der Waals surface area (Å²) in [6, 6.07) is 0. The molecule has 0 aromatic heterocycles. The summed E-state index contributed by atoms with van der Waals surface area (Å²) in [4.78, 5) is 11.0. The molecule has 78 valence electrons. The minimum absolute atomic E-state index is 0.0397. The van der Waals surface area contributed by atoms with Crippen LogP contribution in [0.3, 0.4) is 0 Å². The molecule has 13 heavy (non-hydrogen) atoms. The molecule has 0 radical (unpaired) electrons. The topological polar surface area (TPSA) is 35.5 Å². The summed E-state index contributed by atoms with van der Waals surface area (Å²) >= 11 is 0. The van der Waals surface area contributed by atoms with E-state index in [1.807, 2.05) is 34.6 Å². The number of ether oxygens (including phenoxy) is 2. The lowest BCUT2D eigenvalue weighted by Gasteiger charge is -2.19. The van der Waals surface area contributed by atoms with Gasteiger partial charge in [0.25, 0.3) is 0 Å². The van der Waals surface area contributed by atoms with E-state index in [0.717, 1.165) is 0 Å². The first-order valence-corrected chi connectivity index (χ1v) is 4.65. The van der Waals surface area contributed by atoms with E-state index in [4.69, 9.17) is 9.47 Å². The Hall–Kier alpha value is -0.570. The monoisotopic (exact) mass is 188 g/mol. The third kappa shape index (κ3) is 9.34. The molecule has 0 rings (SSSR count). The highest BCUT2D eigenvalue weighted by Crippen LogP contribution is 2.07. The molecular formula is C10H20O3. The highest BCUT2D eigenvalue weighted by atomic mass is 16.5. The highest BCUT2D eigenvalue weighted by Gasteiger charge is 2.11. The summed E-state index contributed by atoms with van der Waals surface area (Å²) in [5.74, 6) is -0.195. The van der Waals surface area contributed by atoms with Gasteiger partial charge in [-0.25, -0.2) is 0 Å². The molecule has 0 amide bonds. The van der Waals surface area contributed by atoms with Crippen molar-refractivity contribution in [2.75, 3.05) is 6.61 Å². The quantitative estimate of drug-likeness (QED) is 0.634. The average molecular weight is 188 g/mol. The molecule has 0 spiro atoms. The van der Waals surface area contributed by atoms with Crippen LogP contribution in [0.4, 0.5) is 0 Å². The van der Waals surface area contributed by atoms with Crippen LogP contribution < -0.4 is 0 Å². The Balaban J connectivity index is 3.49. The van der Waals surface area contributed by atoms with Gasteiger partial charge in [-0.1, -0.05) is 0 Å². The van der Waals surface area contributed by atoms with E-state index >= 15 is 0 Å². The van der Waals surface area contributed by atoms with Crippen molar-refractivity contribution in [3.05, 3.63) is 0 Å². The minimum atomic E-state index is -0.195. The van der Waals surface area contributed by atoms with E-state index in [1.54, 1.807) is 0 Å². The molecule has 0 saturated heterocycles. The summed E-state index contributed by atoms with van der Waals surface area (Å²) in [7, 11) is 0. The summed E-state index contributed by atoms with van der Waals surface area (Å²) in [6.07, 6.45) is 0.289. The predicted molar refractivity (Wildman–Crippen MR) is 51.6 cm³/mol. The van der Waals surface area contributed by atoms with Crippen LogP contribution in [-0.2, 0) is 14.3 Å². The first-order valence-electron chi connectivity index (χ1n) is 4.65. The molecule has 0 aliphatic rings. The van der Waals surface area contributed by atoms with Crippen molar-refractivity contribution in [2.24, 2.45) is 0 Å². The Morgan fingerprint density at radius 1 is 1.31 bits per heavy atom. The molecule has 0 N–H and O–H groups in total. The molecule has 0 atom stereocenters. The van der Waals surface area contributed by atoms with E-state index in [0.29, 0.717) is 13.0 Å². The predicted octanol–water partition coefficient (Wildman–Crippen LogP) is 2.14. The summed E-state index contributed by atoms with van der Waals surface area (Å²) in [6.45, 7) is 9.97. The number of esters is 1. The molecule has 0 aliphatic carbocycles. The Kier molecular flexibility index (Phi) is 4.99. The van der Waals surface area contributed by atoms with Gasteiger partial charge in [-0.05, 0) is 34.6 Å². The first-order chi connectivity index (χ1) is 5.81. The normalized spacial score (nSPS) is 11.8.